The van der Waals surface area contributed by atoms with Crippen molar-refractivity contribution in [1.29, 1.82) is 0 Å². The molecule has 0 aromatic carbocycles. The van der Waals surface area contributed by atoms with Gasteiger partial charge in [0.25, 0.3) is 0 Å². The zero-order chi connectivity index (χ0) is 16.4. The summed E-state index contributed by atoms with van der Waals surface area (Å²) in [4.78, 5) is 17.4. The van der Waals surface area contributed by atoms with Crippen molar-refractivity contribution in [3.8, 4) is 0 Å². The van der Waals surface area contributed by atoms with Gasteiger partial charge in [-0.05, 0) is 50.4 Å². The van der Waals surface area contributed by atoms with Crippen LogP contribution in [0.2, 0.25) is 0 Å². The molecular weight excluding hydrogens is 302 g/mol. The van der Waals surface area contributed by atoms with Gasteiger partial charge in [-0.15, -0.1) is 0 Å². The Kier molecular flexibility index (Phi) is 5.40. The maximum Gasteiger partial charge on any atom is 0.222 e. The second-order valence-corrected chi connectivity index (χ2v) is 8.42. The Bertz CT molecular complexity index is 418. The number of hydrogen-bond donors (Lipinski definition) is 1. The molecule has 4 saturated heterocycles. The molecule has 0 saturated carbocycles. The highest BCUT2D eigenvalue weighted by Crippen LogP contribution is 2.33. The first-order valence-electron chi connectivity index (χ1n) is 10.1. The summed E-state index contributed by atoms with van der Waals surface area (Å²) >= 11 is 0. The molecule has 136 valence electrons. The van der Waals surface area contributed by atoms with Gasteiger partial charge in [0.15, 0.2) is 0 Å². The quantitative estimate of drug-likeness (QED) is 0.845. The Labute approximate surface area is 146 Å². The number of hydrogen-bond acceptors (Lipinski definition) is 4. The molecule has 4 heterocycles. The zero-order valence-electron chi connectivity index (χ0n) is 14.9. The van der Waals surface area contributed by atoms with E-state index >= 15 is 0 Å². The second-order valence-electron chi connectivity index (χ2n) is 8.42. The van der Waals surface area contributed by atoms with Crippen molar-refractivity contribution in [3.05, 3.63) is 0 Å². The number of fused-ring (bicyclic) bond motifs is 2. The molecule has 2 bridgehead atoms. The first kappa shape index (κ1) is 16.8. The summed E-state index contributed by atoms with van der Waals surface area (Å²) < 4.78 is 5.45. The van der Waals surface area contributed by atoms with Gasteiger partial charge in [-0.3, -0.25) is 9.69 Å². The Morgan fingerprint density at radius 1 is 0.917 bits per heavy atom. The van der Waals surface area contributed by atoms with E-state index in [4.69, 9.17) is 4.74 Å². The fourth-order valence-electron chi connectivity index (χ4n) is 5.19. The smallest absolute Gasteiger partial charge is 0.222 e. The molecule has 0 aromatic heterocycles. The summed E-state index contributed by atoms with van der Waals surface area (Å²) in [7, 11) is 0. The summed E-state index contributed by atoms with van der Waals surface area (Å²) in [5, 5.41) is 3.68. The average molecular weight is 335 g/mol. The molecule has 0 radical (unpaired) electrons. The molecule has 2 atom stereocenters. The van der Waals surface area contributed by atoms with E-state index in [1.807, 2.05) is 0 Å². The van der Waals surface area contributed by atoms with E-state index in [-0.39, 0.29) is 0 Å². The predicted octanol–water partition coefficient (Wildman–Crippen LogP) is 1.48. The normalized spacial score (nSPS) is 35.3. The van der Waals surface area contributed by atoms with Crippen LogP contribution in [0, 0.1) is 11.8 Å². The van der Waals surface area contributed by atoms with Gasteiger partial charge in [0, 0.05) is 64.4 Å². The lowest BCUT2D eigenvalue weighted by atomic mass is 9.89. The minimum atomic E-state index is 0.409. The van der Waals surface area contributed by atoms with Crippen molar-refractivity contribution >= 4 is 5.91 Å². The largest absolute Gasteiger partial charge is 0.381 e. The van der Waals surface area contributed by atoms with E-state index in [1.54, 1.807) is 0 Å². The van der Waals surface area contributed by atoms with Gasteiger partial charge in [-0.2, -0.15) is 0 Å². The lowest BCUT2D eigenvalue weighted by Crippen LogP contribution is -2.50. The highest BCUT2D eigenvalue weighted by atomic mass is 16.5. The standard InChI is InChI=1S/C19H33N3O2/c23-19(13-16-11-17-1-2-18(12-16)20-17)22-7-5-21(6-8-22)14-15-3-9-24-10-4-15/h15-18,20H,1-14H2. The lowest BCUT2D eigenvalue weighted by molar-refractivity contribution is -0.134. The number of rotatable bonds is 4. The fourth-order valence-corrected chi connectivity index (χ4v) is 5.19. The van der Waals surface area contributed by atoms with E-state index < -0.39 is 0 Å². The highest BCUT2D eigenvalue weighted by Gasteiger charge is 2.35. The van der Waals surface area contributed by atoms with Crippen LogP contribution >= 0.6 is 0 Å². The van der Waals surface area contributed by atoms with E-state index in [1.165, 1.54) is 45.1 Å². The maximum atomic E-state index is 12.7. The van der Waals surface area contributed by atoms with Gasteiger partial charge in [0.1, 0.15) is 0 Å². The van der Waals surface area contributed by atoms with Gasteiger partial charge in [-0.25, -0.2) is 0 Å². The van der Waals surface area contributed by atoms with Crippen molar-refractivity contribution in [1.82, 2.24) is 15.1 Å². The molecule has 24 heavy (non-hydrogen) atoms. The van der Waals surface area contributed by atoms with Gasteiger partial charge < -0.3 is 15.0 Å². The third kappa shape index (κ3) is 4.12. The molecule has 4 aliphatic rings. The highest BCUT2D eigenvalue weighted by molar-refractivity contribution is 5.76. The number of carbonyl (C=O) groups is 1. The van der Waals surface area contributed by atoms with Crippen LogP contribution in [0.5, 0.6) is 0 Å². The van der Waals surface area contributed by atoms with Crippen molar-refractivity contribution in [3.63, 3.8) is 0 Å². The Hall–Kier alpha value is -0.650. The third-order valence-electron chi connectivity index (χ3n) is 6.62. The van der Waals surface area contributed by atoms with Crippen LogP contribution in [-0.2, 0) is 9.53 Å². The van der Waals surface area contributed by atoms with Crippen molar-refractivity contribution in [2.45, 2.75) is 57.0 Å². The molecule has 0 aliphatic carbocycles. The number of piperazine rings is 1. The Morgan fingerprint density at radius 3 is 2.25 bits per heavy atom. The van der Waals surface area contributed by atoms with E-state index in [0.717, 1.165) is 51.7 Å². The summed E-state index contributed by atoms with van der Waals surface area (Å²) in [5.74, 6) is 1.83. The first-order valence-corrected chi connectivity index (χ1v) is 10.1. The Balaban J connectivity index is 1.18. The van der Waals surface area contributed by atoms with E-state index in [0.29, 0.717) is 23.9 Å². The molecule has 1 amide bonds. The molecule has 1 N–H and O–H groups in total. The summed E-state index contributed by atoms with van der Waals surface area (Å²) in [6, 6.07) is 1.38. The number of amides is 1. The second kappa shape index (κ2) is 7.71. The molecule has 0 spiro atoms. The number of carbonyl (C=O) groups excluding carboxylic acids is 1. The van der Waals surface area contributed by atoms with Crippen LogP contribution in [0.1, 0.15) is 44.9 Å². The maximum absolute atomic E-state index is 12.7. The zero-order valence-corrected chi connectivity index (χ0v) is 14.9. The number of nitrogens with one attached hydrogen (secondary N) is 1. The topological polar surface area (TPSA) is 44.8 Å². The van der Waals surface area contributed by atoms with Crippen molar-refractivity contribution in [2.75, 3.05) is 45.9 Å². The van der Waals surface area contributed by atoms with E-state index in [9.17, 15) is 4.79 Å². The van der Waals surface area contributed by atoms with Crippen LogP contribution in [0.25, 0.3) is 0 Å². The molecule has 0 aromatic rings. The fraction of sp³-hybridized carbons (Fsp3) is 0.947. The first-order chi connectivity index (χ1) is 11.8. The average Bonchev–Trinajstić information content (AvgIpc) is 2.95. The summed E-state index contributed by atoms with van der Waals surface area (Å²) in [6.45, 7) is 7.03. The van der Waals surface area contributed by atoms with Crippen LogP contribution in [0.4, 0.5) is 0 Å². The van der Waals surface area contributed by atoms with Crippen LogP contribution in [-0.4, -0.2) is 73.7 Å². The summed E-state index contributed by atoms with van der Waals surface area (Å²) in [6.07, 6.45) is 8.27. The van der Waals surface area contributed by atoms with Gasteiger partial charge in [0.05, 0.1) is 0 Å². The monoisotopic (exact) mass is 335 g/mol. The molecule has 5 heteroatoms. The van der Waals surface area contributed by atoms with Crippen LogP contribution in [0.15, 0.2) is 0 Å². The number of nitrogens with zero attached hydrogens (tertiary/aromatic N) is 2. The molecular formula is C19H33N3O2. The molecule has 4 aliphatic heterocycles. The Morgan fingerprint density at radius 2 is 1.58 bits per heavy atom. The molecule has 4 fully saturated rings. The van der Waals surface area contributed by atoms with Gasteiger partial charge in [-0.1, -0.05) is 0 Å². The lowest BCUT2D eigenvalue weighted by Gasteiger charge is -2.38. The molecule has 2 unspecified atom stereocenters. The van der Waals surface area contributed by atoms with Crippen molar-refractivity contribution in [2.24, 2.45) is 11.8 Å². The van der Waals surface area contributed by atoms with Crippen LogP contribution < -0.4 is 5.32 Å². The number of ether oxygens (including phenoxy) is 1. The van der Waals surface area contributed by atoms with Crippen molar-refractivity contribution < 1.29 is 9.53 Å². The SMILES string of the molecule is O=C(CC1CC2CCC(C1)N2)N1CCN(CC2CCOCC2)CC1. The molecule has 5 nitrogen and oxygen atoms in total. The molecule has 4 rings (SSSR count). The number of piperidine rings is 1. The third-order valence-corrected chi connectivity index (χ3v) is 6.62. The predicted molar refractivity (Wildman–Crippen MR) is 93.8 cm³/mol. The minimum absolute atomic E-state index is 0.409. The van der Waals surface area contributed by atoms with Crippen LogP contribution in [0.3, 0.4) is 0 Å². The van der Waals surface area contributed by atoms with E-state index in [2.05, 4.69) is 15.1 Å². The minimum Gasteiger partial charge on any atom is -0.381 e. The van der Waals surface area contributed by atoms with Gasteiger partial charge >= 0.3 is 0 Å². The summed E-state index contributed by atoms with van der Waals surface area (Å²) in [5.41, 5.74) is 0. The van der Waals surface area contributed by atoms with Gasteiger partial charge in [0.2, 0.25) is 5.91 Å².